The van der Waals surface area contributed by atoms with E-state index in [1.807, 2.05) is 60.7 Å². The van der Waals surface area contributed by atoms with Crippen molar-refractivity contribution in [3.63, 3.8) is 0 Å². The number of hydrogen-bond acceptors (Lipinski definition) is 6. The van der Waals surface area contributed by atoms with Gasteiger partial charge < -0.3 is 30.7 Å². The number of carboxylic acids is 1. The molecule has 1 amide bonds. The van der Waals surface area contributed by atoms with Crippen molar-refractivity contribution < 1.29 is 29.3 Å². The van der Waals surface area contributed by atoms with Gasteiger partial charge in [-0.3, -0.25) is 9.59 Å². The minimum Gasteiger partial charge on any atom is -0.493 e. The lowest BCUT2D eigenvalue weighted by Crippen LogP contribution is -2.32. The molecule has 1 aliphatic heterocycles. The Balaban J connectivity index is 1.47. The van der Waals surface area contributed by atoms with Crippen LogP contribution in [0.5, 0.6) is 11.5 Å². The van der Waals surface area contributed by atoms with Gasteiger partial charge in [-0.05, 0) is 58.7 Å². The fourth-order valence-corrected chi connectivity index (χ4v) is 4.98. The van der Waals surface area contributed by atoms with Crippen molar-refractivity contribution in [2.75, 3.05) is 13.2 Å². The van der Waals surface area contributed by atoms with Crippen molar-refractivity contribution >= 4 is 11.9 Å². The van der Waals surface area contributed by atoms with Gasteiger partial charge in [-0.15, -0.1) is 0 Å². The zero-order valence-corrected chi connectivity index (χ0v) is 22.5. The maximum atomic E-state index is 13.6. The molecule has 0 saturated carbocycles. The summed E-state index contributed by atoms with van der Waals surface area (Å²) in [6.07, 6.45) is 0.494. The van der Waals surface area contributed by atoms with Gasteiger partial charge in [0, 0.05) is 23.1 Å². The number of carbonyl (C=O) groups excluding carboxylic acids is 1. The highest BCUT2D eigenvalue weighted by Gasteiger charge is 2.23. The number of nitrogens with two attached hydrogens (primary N) is 1. The molecular formula is C33H32N2O6. The van der Waals surface area contributed by atoms with E-state index < -0.39 is 12.0 Å². The molecule has 1 heterocycles. The Morgan fingerprint density at radius 1 is 0.976 bits per heavy atom. The van der Waals surface area contributed by atoms with E-state index in [1.54, 1.807) is 30.3 Å². The Hall–Kier alpha value is -4.66. The van der Waals surface area contributed by atoms with Crippen LogP contribution in [0.25, 0.3) is 11.1 Å². The van der Waals surface area contributed by atoms with E-state index in [9.17, 15) is 19.8 Å². The highest BCUT2D eigenvalue weighted by atomic mass is 16.5. The van der Waals surface area contributed by atoms with Crippen LogP contribution in [0.4, 0.5) is 0 Å². The van der Waals surface area contributed by atoms with Gasteiger partial charge in [0.2, 0.25) is 0 Å². The lowest BCUT2D eigenvalue weighted by Gasteiger charge is -2.26. The largest absolute Gasteiger partial charge is 0.493 e. The van der Waals surface area contributed by atoms with E-state index in [1.165, 1.54) is 0 Å². The molecule has 1 unspecified atom stereocenters. The first-order valence-electron chi connectivity index (χ1n) is 13.5. The molecule has 0 aromatic heterocycles. The number of carboxylic acid groups (broad SMARTS) is 1. The Labute approximate surface area is 238 Å². The number of carbonyl (C=O) groups is 2. The number of aliphatic carboxylic acids is 1. The van der Waals surface area contributed by atoms with E-state index in [0.717, 1.165) is 33.6 Å². The van der Waals surface area contributed by atoms with Crippen LogP contribution in [-0.4, -0.2) is 35.3 Å². The number of benzene rings is 4. The Bertz CT molecular complexity index is 1550. The maximum Gasteiger partial charge on any atom is 0.307 e. The molecule has 8 nitrogen and oxygen atoms in total. The number of amides is 1. The summed E-state index contributed by atoms with van der Waals surface area (Å²) in [7, 11) is 0. The van der Waals surface area contributed by atoms with E-state index in [0.29, 0.717) is 29.9 Å². The molecule has 2 atom stereocenters. The van der Waals surface area contributed by atoms with E-state index in [4.69, 9.17) is 15.2 Å². The second-order valence-electron chi connectivity index (χ2n) is 10.0. The fourth-order valence-electron chi connectivity index (χ4n) is 4.98. The van der Waals surface area contributed by atoms with Gasteiger partial charge in [-0.2, -0.15) is 0 Å². The average molecular weight is 553 g/mol. The van der Waals surface area contributed by atoms with Crippen LogP contribution in [0, 0.1) is 0 Å². The standard InChI is InChI=1S/C33H32N2O6/c34-28(19-36)23-8-5-7-22(16-23)25-14-21(20-41-30-10-3-1-6-24(30)18-32(37)38)15-26(17-25)33(39)35-29-12-13-40-31-11-4-2-9-27(29)31/h1-11,14-17,28-29,36H,12-13,18-20,34H2,(H,35,39)(H,37,38)/t28-,29?/m1/s1. The number of rotatable bonds is 10. The van der Waals surface area contributed by atoms with Crippen LogP contribution in [0.15, 0.2) is 91.0 Å². The smallest absolute Gasteiger partial charge is 0.307 e. The van der Waals surface area contributed by atoms with Crippen molar-refractivity contribution in [3.8, 4) is 22.6 Å². The summed E-state index contributed by atoms with van der Waals surface area (Å²) < 4.78 is 11.8. The van der Waals surface area contributed by atoms with Crippen LogP contribution in [0.2, 0.25) is 0 Å². The van der Waals surface area contributed by atoms with Gasteiger partial charge in [0.15, 0.2) is 0 Å². The first-order valence-corrected chi connectivity index (χ1v) is 13.5. The molecule has 0 aliphatic carbocycles. The number of para-hydroxylation sites is 2. The Morgan fingerprint density at radius 3 is 2.61 bits per heavy atom. The summed E-state index contributed by atoms with van der Waals surface area (Å²) >= 11 is 0. The van der Waals surface area contributed by atoms with Crippen molar-refractivity contribution in [3.05, 3.63) is 119 Å². The first-order chi connectivity index (χ1) is 19.9. The normalized spacial score (nSPS) is 14.8. The first kappa shape index (κ1) is 27.9. The second-order valence-corrected chi connectivity index (χ2v) is 10.0. The van der Waals surface area contributed by atoms with Crippen molar-refractivity contribution in [2.45, 2.75) is 31.5 Å². The molecule has 41 heavy (non-hydrogen) atoms. The van der Waals surface area contributed by atoms with Gasteiger partial charge in [0.05, 0.1) is 31.7 Å². The molecule has 0 spiro atoms. The van der Waals surface area contributed by atoms with E-state index in [2.05, 4.69) is 5.32 Å². The lowest BCUT2D eigenvalue weighted by atomic mass is 9.96. The van der Waals surface area contributed by atoms with Gasteiger partial charge >= 0.3 is 5.97 Å². The average Bonchev–Trinajstić information content (AvgIpc) is 3.00. The molecule has 4 aromatic carbocycles. The third kappa shape index (κ3) is 6.74. The van der Waals surface area contributed by atoms with E-state index >= 15 is 0 Å². The summed E-state index contributed by atoms with van der Waals surface area (Å²) in [6, 6.07) is 27.1. The lowest BCUT2D eigenvalue weighted by molar-refractivity contribution is -0.136. The molecule has 210 valence electrons. The zero-order valence-electron chi connectivity index (χ0n) is 22.5. The van der Waals surface area contributed by atoms with Crippen LogP contribution < -0.4 is 20.5 Å². The number of fused-ring (bicyclic) bond motifs is 1. The van der Waals surface area contributed by atoms with E-state index in [-0.39, 0.29) is 31.6 Å². The Kier molecular flexibility index (Phi) is 8.62. The SMILES string of the molecule is N[C@H](CO)c1cccc(-c2cc(COc3ccccc3CC(=O)O)cc(C(=O)NC3CCOc4ccccc43)c2)c1. The molecule has 8 heteroatoms. The summed E-state index contributed by atoms with van der Waals surface area (Å²) in [5.41, 5.74) is 11.2. The molecule has 5 rings (SSSR count). The van der Waals surface area contributed by atoms with Gasteiger partial charge in [0.25, 0.3) is 5.91 Å². The minimum absolute atomic E-state index is 0.126. The minimum atomic E-state index is -0.947. The van der Waals surface area contributed by atoms with Crippen LogP contribution in [-0.2, 0) is 17.8 Å². The molecule has 0 radical (unpaired) electrons. The van der Waals surface area contributed by atoms with Crippen LogP contribution in [0.1, 0.15) is 51.1 Å². The predicted octanol–water partition coefficient (Wildman–Crippen LogP) is 4.81. The highest BCUT2D eigenvalue weighted by molar-refractivity contribution is 5.96. The summed E-state index contributed by atoms with van der Waals surface area (Å²) in [4.78, 5) is 24.9. The number of hydrogen-bond donors (Lipinski definition) is 4. The van der Waals surface area contributed by atoms with Gasteiger partial charge in [-0.25, -0.2) is 0 Å². The van der Waals surface area contributed by atoms with Crippen LogP contribution >= 0.6 is 0 Å². The number of ether oxygens (including phenoxy) is 2. The second kappa shape index (κ2) is 12.7. The maximum absolute atomic E-state index is 13.6. The van der Waals surface area contributed by atoms with Crippen molar-refractivity contribution in [2.24, 2.45) is 5.73 Å². The number of nitrogens with one attached hydrogen (secondary N) is 1. The monoisotopic (exact) mass is 552 g/mol. The summed E-state index contributed by atoms with van der Waals surface area (Å²) in [5.74, 6) is 0.0620. The molecule has 4 aromatic rings. The molecule has 0 fully saturated rings. The van der Waals surface area contributed by atoms with Crippen molar-refractivity contribution in [1.82, 2.24) is 5.32 Å². The molecule has 0 bridgehead atoms. The van der Waals surface area contributed by atoms with Gasteiger partial charge in [-0.1, -0.05) is 54.6 Å². The highest BCUT2D eigenvalue weighted by Crippen LogP contribution is 2.32. The van der Waals surface area contributed by atoms with Crippen molar-refractivity contribution in [1.29, 1.82) is 0 Å². The molecule has 0 saturated heterocycles. The summed E-state index contributed by atoms with van der Waals surface area (Å²) in [5, 5.41) is 22.0. The van der Waals surface area contributed by atoms with Crippen LogP contribution in [0.3, 0.4) is 0 Å². The third-order valence-corrected chi connectivity index (χ3v) is 7.07. The quantitative estimate of drug-likeness (QED) is 0.222. The number of aliphatic hydroxyl groups excluding tert-OH is 1. The fraction of sp³-hybridized carbons (Fsp3) is 0.212. The Morgan fingerprint density at radius 2 is 1.78 bits per heavy atom. The molecular weight excluding hydrogens is 520 g/mol. The zero-order chi connectivity index (χ0) is 28.8. The molecule has 1 aliphatic rings. The predicted molar refractivity (Wildman–Crippen MR) is 155 cm³/mol. The summed E-state index contributed by atoms with van der Waals surface area (Å²) in [6.45, 7) is 0.447. The van der Waals surface area contributed by atoms with Gasteiger partial charge in [0.1, 0.15) is 18.1 Å². The molecule has 5 N–H and O–H groups in total. The third-order valence-electron chi connectivity index (χ3n) is 7.07. The topological polar surface area (TPSA) is 131 Å². The number of aliphatic hydroxyl groups is 1.